The Balaban J connectivity index is 2.09. The van der Waals surface area contributed by atoms with Gasteiger partial charge in [-0.05, 0) is 0 Å². The van der Waals surface area contributed by atoms with Gasteiger partial charge in [0.2, 0.25) is 0 Å². The molecule has 0 aliphatic carbocycles. The Morgan fingerprint density at radius 3 is 2.78 bits per heavy atom. The minimum absolute atomic E-state index is 0.113. The lowest BCUT2D eigenvalue weighted by molar-refractivity contribution is -0.00448. The van der Waals surface area contributed by atoms with Crippen molar-refractivity contribution in [1.29, 1.82) is 0 Å². The predicted octanol–water partition coefficient (Wildman–Crippen LogP) is 0.0888. The molecule has 0 bridgehead atoms. The minimum Gasteiger partial charge on any atom is -0.438 e. The molecule has 1 saturated heterocycles. The highest BCUT2D eigenvalue weighted by atomic mass is 16.7. The highest BCUT2D eigenvalue weighted by molar-refractivity contribution is 5.59. The average molecular weight is 131 g/mol. The summed E-state index contributed by atoms with van der Waals surface area (Å²) in [5.74, 6) is 0. The van der Waals surface area contributed by atoms with Crippen LogP contribution in [-0.2, 0) is 9.47 Å². The quantitative estimate of drug-likeness (QED) is 0.512. The van der Waals surface area contributed by atoms with Gasteiger partial charge in [0.1, 0.15) is 0 Å². The summed E-state index contributed by atoms with van der Waals surface area (Å²) in [4.78, 5) is 10.3. The second kappa shape index (κ2) is 2.68. The van der Waals surface area contributed by atoms with Gasteiger partial charge in [-0.2, -0.15) is 0 Å². The molecule has 1 aliphatic rings. The van der Waals surface area contributed by atoms with Crippen LogP contribution in [0.3, 0.4) is 0 Å². The van der Waals surface area contributed by atoms with E-state index in [0.29, 0.717) is 0 Å². The van der Waals surface area contributed by atoms with E-state index in [1.807, 2.05) is 0 Å². The summed E-state index contributed by atoms with van der Waals surface area (Å²) >= 11 is 0. The van der Waals surface area contributed by atoms with Gasteiger partial charge < -0.3 is 9.47 Å². The van der Waals surface area contributed by atoms with Crippen molar-refractivity contribution < 1.29 is 14.3 Å². The van der Waals surface area contributed by atoms with Crippen LogP contribution in [0.2, 0.25) is 0 Å². The minimum atomic E-state index is -0.618. The third kappa shape index (κ3) is 1.57. The Bertz CT molecular complexity index is 111. The molecule has 1 fully saturated rings. The van der Waals surface area contributed by atoms with E-state index in [1.54, 1.807) is 0 Å². The second-order valence-corrected chi connectivity index (χ2v) is 1.80. The predicted molar refractivity (Wildman–Crippen MR) is 29.9 cm³/mol. The lowest BCUT2D eigenvalue weighted by Gasteiger charge is -2.25. The third-order valence-electron chi connectivity index (χ3n) is 1.18. The van der Waals surface area contributed by atoms with E-state index in [9.17, 15) is 4.79 Å². The molecule has 0 aromatic heterocycles. The molecular formula is C5H9NO3. The number of methoxy groups -OCH3 is 1. The van der Waals surface area contributed by atoms with Crippen LogP contribution in [-0.4, -0.2) is 26.0 Å². The Morgan fingerprint density at radius 1 is 1.78 bits per heavy atom. The molecule has 0 aromatic rings. The maximum absolute atomic E-state index is 10.3. The van der Waals surface area contributed by atoms with Gasteiger partial charge in [0.25, 0.3) is 0 Å². The summed E-state index contributed by atoms with van der Waals surface area (Å²) in [6, 6.07) is 0. The fourth-order valence-corrected chi connectivity index (χ4v) is 0.527. The van der Waals surface area contributed by atoms with Gasteiger partial charge in [-0.25, -0.2) is 4.79 Å². The van der Waals surface area contributed by atoms with Crippen LogP contribution in [0.5, 0.6) is 0 Å². The number of carbonyl (C=O) groups excluding carboxylic acids is 1. The van der Waals surface area contributed by atoms with Gasteiger partial charge in [0.15, 0.2) is 6.23 Å². The number of rotatable bonds is 1. The van der Waals surface area contributed by atoms with E-state index in [0.717, 1.165) is 13.0 Å². The number of carbonyl (C=O) groups is 1. The molecule has 1 atom stereocenters. The van der Waals surface area contributed by atoms with Crippen LogP contribution in [0, 0.1) is 0 Å². The van der Waals surface area contributed by atoms with Crippen molar-refractivity contribution in [2.75, 3.05) is 13.7 Å². The van der Waals surface area contributed by atoms with Crippen LogP contribution < -0.4 is 5.32 Å². The summed E-state index contributed by atoms with van der Waals surface area (Å²) in [5, 5.41) is 2.89. The zero-order valence-electron chi connectivity index (χ0n) is 5.22. The maximum Gasteiger partial charge on any atom is 0.509 e. The lowest BCUT2D eigenvalue weighted by atomic mass is 10.2. The van der Waals surface area contributed by atoms with Crippen molar-refractivity contribution in [2.45, 2.75) is 12.6 Å². The third-order valence-corrected chi connectivity index (χ3v) is 1.18. The zero-order valence-corrected chi connectivity index (χ0v) is 5.22. The van der Waals surface area contributed by atoms with Gasteiger partial charge in [-0.15, -0.1) is 0 Å². The van der Waals surface area contributed by atoms with Gasteiger partial charge in [0, 0.05) is 13.0 Å². The highest BCUT2D eigenvalue weighted by Gasteiger charge is 2.20. The zero-order chi connectivity index (χ0) is 6.69. The van der Waals surface area contributed by atoms with Gasteiger partial charge in [-0.1, -0.05) is 0 Å². The number of hydrogen-bond acceptors (Lipinski definition) is 4. The second-order valence-electron chi connectivity index (χ2n) is 1.80. The van der Waals surface area contributed by atoms with Crippen LogP contribution in [0.4, 0.5) is 4.79 Å². The standard InChI is InChI=1S/C5H9NO3/c1-8-5(7)9-4-2-3-6-4/h4,6H,2-3H2,1H3/t4-/m0/s1. The molecule has 0 radical (unpaired) electrons. The first-order valence-electron chi connectivity index (χ1n) is 2.81. The van der Waals surface area contributed by atoms with Crippen molar-refractivity contribution in [2.24, 2.45) is 0 Å². The smallest absolute Gasteiger partial charge is 0.438 e. The Kier molecular flexibility index (Phi) is 1.89. The average Bonchev–Trinajstić information content (AvgIpc) is 1.78. The normalized spacial score (nSPS) is 24.3. The molecule has 1 N–H and O–H groups in total. The largest absolute Gasteiger partial charge is 0.509 e. The summed E-state index contributed by atoms with van der Waals surface area (Å²) in [6.45, 7) is 0.918. The first kappa shape index (κ1) is 6.35. The van der Waals surface area contributed by atoms with Crippen molar-refractivity contribution >= 4 is 6.16 Å². The Hall–Kier alpha value is -0.770. The SMILES string of the molecule is COC(=O)O[C@H]1CCN1. The van der Waals surface area contributed by atoms with Crippen molar-refractivity contribution in [3.63, 3.8) is 0 Å². The van der Waals surface area contributed by atoms with Crippen LogP contribution in [0.25, 0.3) is 0 Å². The molecule has 4 nitrogen and oxygen atoms in total. The number of ether oxygens (including phenoxy) is 2. The van der Waals surface area contributed by atoms with Gasteiger partial charge >= 0.3 is 6.16 Å². The van der Waals surface area contributed by atoms with Crippen molar-refractivity contribution in [3.05, 3.63) is 0 Å². The Labute approximate surface area is 53.1 Å². The van der Waals surface area contributed by atoms with E-state index < -0.39 is 6.16 Å². The van der Waals surface area contributed by atoms with E-state index in [-0.39, 0.29) is 6.23 Å². The molecule has 4 heteroatoms. The fourth-order valence-electron chi connectivity index (χ4n) is 0.527. The first-order chi connectivity index (χ1) is 4.33. The molecule has 1 aliphatic heterocycles. The molecular weight excluding hydrogens is 122 g/mol. The summed E-state index contributed by atoms with van der Waals surface area (Å²) in [5.41, 5.74) is 0. The molecule has 1 heterocycles. The fraction of sp³-hybridized carbons (Fsp3) is 0.800. The van der Waals surface area contributed by atoms with Crippen molar-refractivity contribution in [3.8, 4) is 0 Å². The lowest BCUT2D eigenvalue weighted by Crippen LogP contribution is -2.45. The molecule has 1 rings (SSSR count). The molecule has 0 saturated carbocycles. The van der Waals surface area contributed by atoms with Crippen molar-refractivity contribution in [1.82, 2.24) is 5.32 Å². The molecule has 0 amide bonds. The summed E-state index contributed by atoms with van der Waals surface area (Å²) < 4.78 is 8.92. The van der Waals surface area contributed by atoms with E-state index in [1.165, 1.54) is 7.11 Å². The number of hydrogen-bond donors (Lipinski definition) is 1. The molecule has 52 valence electrons. The summed E-state index contributed by atoms with van der Waals surface area (Å²) in [7, 11) is 1.29. The van der Waals surface area contributed by atoms with Crippen LogP contribution in [0.15, 0.2) is 0 Å². The van der Waals surface area contributed by atoms with Crippen LogP contribution in [0.1, 0.15) is 6.42 Å². The molecule has 9 heavy (non-hydrogen) atoms. The van der Waals surface area contributed by atoms with E-state index >= 15 is 0 Å². The van der Waals surface area contributed by atoms with Crippen LogP contribution >= 0.6 is 0 Å². The van der Waals surface area contributed by atoms with E-state index in [4.69, 9.17) is 0 Å². The highest BCUT2D eigenvalue weighted by Crippen LogP contribution is 2.03. The monoisotopic (exact) mass is 131 g/mol. The Morgan fingerprint density at radius 2 is 2.44 bits per heavy atom. The first-order valence-corrected chi connectivity index (χ1v) is 2.81. The van der Waals surface area contributed by atoms with Gasteiger partial charge in [-0.3, -0.25) is 5.32 Å². The molecule has 0 aromatic carbocycles. The molecule has 0 unspecified atom stereocenters. The number of nitrogens with one attached hydrogen (secondary N) is 1. The maximum atomic E-state index is 10.3. The topological polar surface area (TPSA) is 47.6 Å². The van der Waals surface area contributed by atoms with Gasteiger partial charge in [0.05, 0.1) is 7.11 Å². The molecule has 0 spiro atoms. The van der Waals surface area contributed by atoms with E-state index in [2.05, 4.69) is 14.8 Å². The summed E-state index contributed by atoms with van der Waals surface area (Å²) in [6.07, 6.45) is 0.152.